The predicted octanol–water partition coefficient (Wildman–Crippen LogP) is 2.64. The highest BCUT2D eigenvalue weighted by Gasteiger charge is 2.26. The molecule has 7 heteroatoms. The lowest BCUT2D eigenvalue weighted by Gasteiger charge is -2.28. The van der Waals surface area contributed by atoms with E-state index in [1.54, 1.807) is 7.11 Å². The molecule has 1 unspecified atom stereocenters. The fourth-order valence-electron chi connectivity index (χ4n) is 3.04. The minimum Gasteiger partial charge on any atom is -0.375 e. The summed E-state index contributed by atoms with van der Waals surface area (Å²) in [6.07, 6.45) is 8.30. The molecule has 1 aromatic rings. The Kier molecular flexibility index (Phi) is 6.78. The number of hydrogen-bond acceptors (Lipinski definition) is 6. The number of aromatic amines is 1. The molecule has 3 N–H and O–H groups in total. The van der Waals surface area contributed by atoms with Gasteiger partial charge in [-0.1, -0.05) is 45.4 Å². The van der Waals surface area contributed by atoms with Gasteiger partial charge in [0.05, 0.1) is 18.4 Å². The molecular formula is C17H29N5O2. The highest BCUT2D eigenvalue weighted by atomic mass is 16.5. The van der Waals surface area contributed by atoms with Crippen molar-refractivity contribution in [3.05, 3.63) is 10.4 Å². The Morgan fingerprint density at radius 1 is 1.29 bits per heavy atom. The fourth-order valence-corrected chi connectivity index (χ4v) is 3.04. The molecule has 0 radical (unpaired) electrons. The number of nitrogens with one attached hydrogen (secondary N) is 1. The number of H-pyrrole nitrogens is 1. The van der Waals surface area contributed by atoms with Gasteiger partial charge in [0.1, 0.15) is 0 Å². The molecule has 0 spiro atoms. The van der Waals surface area contributed by atoms with Crippen LogP contribution in [0.3, 0.4) is 0 Å². The molecule has 134 valence electrons. The Morgan fingerprint density at radius 2 is 2.00 bits per heavy atom. The molecule has 0 aliphatic carbocycles. The highest BCUT2D eigenvalue weighted by Crippen LogP contribution is 2.27. The Bertz CT molecular complexity index is 626. The number of anilines is 2. The van der Waals surface area contributed by atoms with Crippen LogP contribution < -0.4 is 16.2 Å². The Labute approximate surface area is 143 Å². The smallest absolute Gasteiger partial charge is 0.280 e. The van der Waals surface area contributed by atoms with E-state index >= 15 is 0 Å². The third-order valence-corrected chi connectivity index (χ3v) is 4.39. The van der Waals surface area contributed by atoms with Crippen molar-refractivity contribution in [3.63, 3.8) is 0 Å². The van der Waals surface area contributed by atoms with Gasteiger partial charge < -0.3 is 15.4 Å². The number of unbranched alkanes of at least 4 members (excludes halogenated alkanes) is 5. The minimum atomic E-state index is -0.309. The van der Waals surface area contributed by atoms with Gasteiger partial charge in [-0.25, -0.2) is 4.99 Å². The van der Waals surface area contributed by atoms with Crippen molar-refractivity contribution in [2.24, 2.45) is 4.99 Å². The summed E-state index contributed by atoms with van der Waals surface area (Å²) >= 11 is 0. The second-order valence-electron chi connectivity index (χ2n) is 6.36. The van der Waals surface area contributed by atoms with Crippen molar-refractivity contribution in [2.75, 3.05) is 31.3 Å². The van der Waals surface area contributed by atoms with Gasteiger partial charge in [-0.3, -0.25) is 9.78 Å². The molecule has 1 aliphatic rings. The number of nitrogens with zero attached hydrogens (tertiary/aromatic N) is 3. The summed E-state index contributed by atoms with van der Waals surface area (Å²) in [6, 6.07) is 0. The van der Waals surface area contributed by atoms with Crippen LogP contribution in [-0.2, 0) is 4.74 Å². The van der Waals surface area contributed by atoms with Crippen LogP contribution in [0.25, 0.3) is 0 Å². The van der Waals surface area contributed by atoms with E-state index in [9.17, 15) is 4.79 Å². The lowest BCUT2D eigenvalue weighted by Crippen LogP contribution is -2.38. The van der Waals surface area contributed by atoms with Crippen molar-refractivity contribution >= 4 is 23.2 Å². The van der Waals surface area contributed by atoms with E-state index in [4.69, 9.17) is 10.5 Å². The van der Waals surface area contributed by atoms with Crippen LogP contribution in [0.2, 0.25) is 0 Å². The van der Waals surface area contributed by atoms with Gasteiger partial charge in [0.2, 0.25) is 5.95 Å². The zero-order chi connectivity index (χ0) is 17.5. The standard InChI is InChI=1S/C17H29N5O2/c1-4-5-6-7-8-9-10-13(24-3)12-11-22(2)15-14(19-12)16(23)21-17(18)20-15/h13H,4-11H2,1-3H3,(H3,18,20,21,23). The minimum absolute atomic E-state index is 0.0660. The molecule has 7 nitrogen and oxygen atoms in total. The average Bonchev–Trinajstić information content (AvgIpc) is 2.55. The molecule has 0 saturated heterocycles. The number of ether oxygens (including phenoxy) is 1. The van der Waals surface area contributed by atoms with Gasteiger partial charge >= 0.3 is 0 Å². The molecule has 24 heavy (non-hydrogen) atoms. The van der Waals surface area contributed by atoms with E-state index in [0.717, 1.165) is 18.6 Å². The molecule has 0 bridgehead atoms. The van der Waals surface area contributed by atoms with Crippen LogP contribution in [0.5, 0.6) is 0 Å². The monoisotopic (exact) mass is 335 g/mol. The molecule has 0 saturated carbocycles. The zero-order valence-corrected chi connectivity index (χ0v) is 15.0. The van der Waals surface area contributed by atoms with Crippen LogP contribution >= 0.6 is 0 Å². The number of hydrogen-bond donors (Lipinski definition) is 2. The van der Waals surface area contributed by atoms with E-state index in [-0.39, 0.29) is 17.6 Å². The Hall–Kier alpha value is -1.89. The van der Waals surface area contributed by atoms with Crippen LogP contribution in [0.1, 0.15) is 51.9 Å². The van der Waals surface area contributed by atoms with E-state index < -0.39 is 0 Å². The van der Waals surface area contributed by atoms with E-state index in [1.807, 2.05) is 11.9 Å². The Morgan fingerprint density at radius 3 is 2.71 bits per heavy atom. The number of aliphatic imine (C=N–C) groups is 1. The average molecular weight is 335 g/mol. The van der Waals surface area contributed by atoms with Crippen molar-refractivity contribution in [2.45, 2.75) is 58.0 Å². The van der Waals surface area contributed by atoms with Gasteiger partial charge in [-0.05, 0) is 6.42 Å². The molecule has 0 fully saturated rings. The predicted molar refractivity (Wildman–Crippen MR) is 98.4 cm³/mol. The largest absolute Gasteiger partial charge is 0.375 e. The third-order valence-electron chi connectivity index (χ3n) is 4.39. The summed E-state index contributed by atoms with van der Waals surface area (Å²) in [5.74, 6) is 0.633. The van der Waals surface area contributed by atoms with Gasteiger partial charge in [0, 0.05) is 14.2 Å². The van der Waals surface area contributed by atoms with Gasteiger partial charge in [-0.2, -0.15) is 4.98 Å². The maximum atomic E-state index is 12.1. The summed E-state index contributed by atoms with van der Waals surface area (Å²) in [5.41, 5.74) is 6.50. The first-order valence-electron chi connectivity index (χ1n) is 8.78. The van der Waals surface area contributed by atoms with Crippen molar-refractivity contribution in [1.29, 1.82) is 0 Å². The quantitative estimate of drug-likeness (QED) is 0.676. The van der Waals surface area contributed by atoms with E-state index in [1.165, 1.54) is 32.1 Å². The molecule has 2 heterocycles. The highest BCUT2D eigenvalue weighted by molar-refractivity contribution is 5.98. The lowest BCUT2D eigenvalue weighted by atomic mass is 10.0. The SMILES string of the molecule is CCCCCCCCC(OC)C1=Nc2c(nc(N)[nH]c2=O)N(C)C1. The molecule has 1 aromatic heterocycles. The number of nitrogens with two attached hydrogens (primary N) is 1. The first-order chi connectivity index (χ1) is 11.6. The van der Waals surface area contributed by atoms with Crippen LogP contribution in [-0.4, -0.2) is 42.5 Å². The first-order valence-corrected chi connectivity index (χ1v) is 8.78. The lowest BCUT2D eigenvalue weighted by molar-refractivity contribution is 0.144. The molecule has 1 aliphatic heterocycles. The molecule has 0 amide bonds. The van der Waals surface area contributed by atoms with E-state index in [0.29, 0.717) is 18.1 Å². The molecule has 1 atom stereocenters. The molecular weight excluding hydrogens is 306 g/mol. The maximum Gasteiger partial charge on any atom is 0.280 e. The third kappa shape index (κ3) is 4.56. The summed E-state index contributed by atoms with van der Waals surface area (Å²) < 4.78 is 5.63. The summed E-state index contributed by atoms with van der Waals surface area (Å²) in [5, 5.41) is 0. The maximum absolute atomic E-state index is 12.1. The second-order valence-corrected chi connectivity index (χ2v) is 6.36. The van der Waals surface area contributed by atoms with Crippen molar-refractivity contribution in [1.82, 2.24) is 9.97 Å². The van der Waals surface area contributed by atoms with Gasteiger partial charge in [-0.15, -0.1) is 0 Å². The number of methoxy groups -OCH3 is 1. The fraction of sp³-hybridized carbons (Fsp3) is 0.706. The van der Waals surface area contributed by atoms with Gasteiger partial charge in [0.15, 0.2) is 11.5 Å². The van der Waals surface area contributed by atoms with Gasteiger partial charge in [0.25, 0.3) is 5.56 Å². The topological polar surface area (TPSA) is 96.6 Å². The summed E-state index contributed by atoms with van der Waals surface area (Å²) in [7, 11) is 3.59. The zero-order valence-electron chi connectivity index (χ0n) is 15.0. The van der Waals surface area contributed by atoms with Crippen molar-refractivity contribution < 1.29 is 4.74 Å². The second kappa shape index (κ2) is 8.82. The van der Waals surface area contributed by atoms with Crippen LogP contribution in [0.15, 0.2) is 9.79 Å². The van der Waals surface area contributed by atoms with Crippen molar-refractivity contribution in [3.8, 4) is 0 Å². The molecule has 2 rings (SSSR count). The normalized spacial score (nSPS) is 15.1. The van der Waals surface area contributed by atoms with Crippen LogP contribution in [0.4, 0.5) is 17.5 Å². The number of rotatable bonds is 9. The summed E-state index contributed by atoms with van der Waals surface area (Å²) in [6.45, 7) is 2.82. The number of nitrogen functional groups attached to an aromatic ring is 1. The van der Waals surface area contributed by atoms with E-state index in [2.05, 4.69) is 21.9 Å². The number of fused-ring (bicyclic) bond motifs is 1. The van der Waals surface area contributed by atoms with Crippen LogP contribution in [0, 0.1) is 0 Å². The Balaban J connectivity index is 2.03. The number of aromatic nitrogens is 2. The first kappa shape index (κ1) is 18.4. The summed E-state index contributed by atoms with van der Waals surface area (Å²) in [4.78, 5) is 25.2. The molecule has 0 aromatic carbocycles.